The number of carbonyl (C=O) groups is 1. The van der Waals surface area contributed by atoms with Crippen LogP contribution < -0.4 is 15.4 Å². The van der Waals surface area contributed by atoms with Crippen molar-refractivity contribution in [2.75, 3.05) is 19.0 Å². The van der Waals surface area contributed by atoms with Gasteiger partial charge in [-0.1, -0.05) is 25.4 Å². The van der Waals surface area contributed by atoms with E-state index in [4.69, 9.17) is 16.3 Å². The number of carbonyl (C=O) groups excluding carboxylic acids is 1. The predicted octanol–water partition coefficient (Wildman–Crippen LogP) is 4.26. The molecule has 0 atom stereocenters. The molecule has 0 fully saturated rings. The maximum absolute atomic E-state index is 12.0. The smallest absolute Gasteiger partial charge is 0.252 e. The maximum atomic E-state index is 12.0. The molecule has 0 saturated heterocycles. The van der Waals surface area contributed by atoms with Crippen LogP contribution in [0.2, 0.25) is 5.02 Å². The van der Waals surface area contributed by atoms with Crippen LogP contribution in [0.15, 0.2) is 36.5 Å². The maximum Gasteiger partial charge on any atom is 0.252 e. The van der Waals surface area contributed by atoms with Gasteiger partial charge in [0, 0.05) is 17.8 Å². The fourth-order valence-electron chi connectivity index (χ4n) is 2.09. The predicted molar refractivity (Wildman–Crippen MR) is 97.3 cm³/mol. The minimum Gasteiger partial charge on any atom is -0.495 e. The van der Waals surface area contributed by atoms with E-state index in [1.807, 2.05) is 0 Å². The lowest BCUT2D eigenvalue weighted by Gasteiger charge is -2.11. The largest absolute Gasteiger partial charge is 0.495 e. The second kappa shape index (κ2) is 8.55. The molecule has 0 aliphatic carbocycles. The molecule has 1 amide bonds. The van der Waals surface area contributed by atoms with Crippen LogP contribution in [0.4, 0.5) is 11.5 Å². The van der Waals surface area contributed by atoms with Gasteiger partial charge in [-0.15, -0.1) is 0 Å². The Morgan fingerprint density at radius 2 is 2.08 bits per heavy atom. The molecule has 2 N–H and O–H groups in total. The molecule has 0 aliphatic rings. The standard InChI is InChI=1S/C18H22ClN3O2/c1-12(2)8-9-20-18(23)13-4-7-17(21-11-13)22-15-10-14(19)5-6-16(15)24-3/h4-7,10-12H,8-9H2,1-3H3,(H,20,23)(H,21,22). The number of ether oxygens (including phenoxy) is 1. The van der Waals surface area contributed by atoms with Crippen LogP contribution in [-0.4, -0.2) is 24.5 Å². The van der Waals surface area contributed by atoms with Crippen molar-refractivity contribution < 1.29 is 9.53 Å². The molecule has 24 heavy (non-hydrogen) atoms. The highest BCUT2D eigenvalue weighted by molar-refractivity contribution is 6.31. The van der Waals surface area contributed by atoms with Crippen molar-refractivity contribution in [2.24, 2.45) is 5.92 Å². The number of nitrogens with zero attached hydrogens (tertiary/aromatic N) is 1. The van der Waals surface area contributed by atoms with Crippen molar-refractivity contribution in [1.82, 2.24) is 10.3 Å². The van der Waals surface area contributed by atoms with Crippen LogP contribution in [0.1, 0.15) is 30.6 Å². The lowest BCUT2D eigenvalue weighted by molar-refractivity contribution is 0.0951. The van der Waals surface area contributed by atoms with E-state index in [0.717, 1.165) is 6.42 Å². The number of rotatable bonds is 7. The zero-order valence-electron chi connectivity index (χ0n) is 14.1. The summed E-state index contributed by atoms with van der Waals surface area (Å²) >= 11 is 6.01. The van der Waals surface area contributed by atoms with E-state index in [9.17, 15) is 4.79 Å². The fraction of sp³-hybridized carbons (Fsp3) is 0.333. The molecule has 1 aromatic carbocycles. The van der Waals surface area contributed by atoms with E-state index in [1.54, 1.807) is 43.6 Å². The molecule has 0 radical (unpaired) electrons. The number of hydrogen-bond acceptors (Lipinski definition) is 4. The van der Waals surface area contributed by atoms with Gasteiger partial charge in [0.25, 0.3) is 5.91 Å². The van der Waals surface area contributed by atoms with Crippen LogP contribution in [0.25, 0.3) is 0 Å². The third kappa shape index (κ3) is 5.13. The number of anilines is 2. The van der Waals surface area contributed by atoms with Crippen molar-refractivity contribution in [1.29, 1.82) is 0 Å². The molecule has 5 nitrogen and oxygen atoms in total. The molecule has 1 heterocycles. The van der Waals surface area contributed by atoms with Gasteiger partial charge < -0.3 is 15.4 Å². The van der Waals surface area contributed by atoms with Crippen LogP contribution in [0.3, 0.4) is 0 Å². The molecule has 0 aliphatic heterocycles. The minimum atomic E-state index is -0.116. The summed E-state index contributed by atoms with van der Waals surface area (Å²) in [5, 5.41) is 6.62. The van der Waals surface area contributed by atoms with Gasteiger partial charge >= 0.3 is 0 Å². The number of nitrogens with one attached hydrogen (secondary N) is 2. The highest BCUT2D eigenvalue weighted by atomic mass is 35.5. The number of methoxy groups -OCH3 is 1. The van der Waals surface area contributed by atoms with Crippen LogP contribution in [0.5, 0.6) is 5.75 Å². The van der Waals surface area contributed by atoms with Gasteiger partial charge in [0.2, 0.25) is 0 Å². The first-order valence-corrected chi connectivity index (χ1v) is 8.22. The van der Waals surface area contributed by atoms with Gasteiger partial charge in [0.05, 0.1) is 18.4 Å². The summed E-state index contributed by atoms with van der Waals surface area (Å²) < 4.78 is 5.28. The molecule has 1 aromatic heterocycles. The third-order valence-electron chi connectivity index (χ3n) is 3.46. The van der Waals surface area contributed by atoms with Gasteiger partial charge in [0.1, 0.15) is 11.6 Å². The Balaban J connectivity index is 2.02. The minimum absolute atomic E-state index is 0.116. The fourth-order valence-corrected chi connectivity index (χ4v) is 2.27. The second-order valence-corrected chi connectivity index (χ2v) is 6.28. The van der Waals surface area contributed by atoms with Gasteiger partial charge in [-0.2, -0.15) is 0 Å². The van der Waals surface area contributed by atoms with E-state index in [1.165, 1.54) is 0 Å². The van der Waals surface area contributed by atoms with Crippen LogP contribution >= 0.6 is 11.6 Å². The highest BCUT2D eigenvalue weighted by Gasteiger charge is 2.08. The molecule has 0 spiro atoms. The van der Waals surface area contributed by atoms with Gasteiger partial charge in [-0.3, -0.25) is 4.79 Å². The van der Waals surface area contributed by atoms with Crippen molar-refractivity contribution in [3.8, 4) is 5.75 Å². The molecule has 0 unspecified atom stereocenters. The van der Waals surface area contributed by atoms with Crippen LogP contribution in [-0.2, 0) is 0 Å². The molecule has 2 rings (SSSR count). The quantitative estimate of drug-likeness (QED) is 0.785. The summed E-state index contributed by atoms with van der Waals surface area (Å²) in [5.41, 5.74) is 1.24. The van der Waals surface area contributed by atoms with Crippen LogP contribution in [0, 0.1) is 5.92 Å². The summed E-state index contributed by atoms with van der Waals surface area (Å²) in [6.07, 6.45) is 2.50. The number of halogens is 1. The summed E-state index contributed by atoms with van der Waals surface area (Å²) in [5.74, 6) is 1.71. The topological polar surface area (TPSA) is 63.2 Å². The third-order valence-corrected chi connectivity index (χ3v) is 3.69. The van der Waals surface area contributed by atoms with Gasteiger partial charge in [-0.05, 0) is 42.7 Å². The number of pyridine rings is 1. The molecule has 6 heteroatoms. The first-order chi connectivity index (χ1) is 11.5. The van der Waals surface area contributed by atoms with E-state index in [0.29, 0.717) is 40.3 Å². The average Bonchev–Trinajstić information content (AvgIpc) is 2.55. The average molecular weight is 348 g/mol. The Morgan fingerprint density at radius 3 is 2.71 bits per heavy atom. The zero-order valence-corrected chi connectivity index (χ0v) is 14.9. The zero-order chi connectivity index (χ0) is 17.5. The molecule has 0 bridgehead atoms. The number of benzene rings is 1. The molecule has 128 valence electrons. The number of aromatic nitrogens is 1. The van der Waals surface area contributed by atoms with E-state index in [2.05, 4.69) is 29.5 Å². The summed E-state index contributed by atoms with van der Waals surface area (Å²) in [4.78, 5) is 16.3. The number of hydrogen-bond donors (Lipinski definition) is 2. The van der Waals surface area contributed by atoms with Crippen molar-refractivity contribution in [2.45, 2.75) is 20.3 Å². The summed E-state index contributed by atoms with van der Waals surface area (Å²) in [6.45, 7) is 4.91. The van der Waals surface area contributed by atoms with E-state index < -0.39 is 0 Å². The summed E-state index contributed by atoms with van der Waals surface area (Å²) in [7, 11) is 1.59. The summed E-state index contributed by atoms with van der Waals surface area (Å²) in [6, 6.07) is 8.77. The highest BCUT2D eigenvalue weighted by Crippen LogP contribution is 2.29. The number of amides is 1. The second-order valence-electron chi connectivity index (χ2n) is 5.84. The Morgan fingerprint density at radius 1 is 1.29 bits per heavy atom. The Kier molecular flexibility index (Phi) is 6.44. The first-order valence-electron chi connectivity index (χ1n) is 7.84. The Hall–Kier alpha value is -2.27. The van der Waals surface area contributed by atoms with Gasteiger partial charge in [0.15, 0.2) is 0 Å². The molecular formula is C18H22ClN3O2. The van der Waals surface area contributed by atoms with Crippen molar-refractivity contribution in [3.63, 3.8) is 0 Å². The first kappa shape index (κ1) is 18.1. The SMILES string of the molecule is COc1ccc(Cl)cc1Nc1ccc(C(=O)NCCC(C)C)cn1. The molecular weight excluding hydrogens is 326 g/mol. The van der Waals surface area contributed by atoms with Crippen molar-refractivity contribution >= 4 is 29.0 Å². The molecule has 0 saturated carbocycles. The van der Waals surface area contributed by atoms with Gasteiger partial charge in [-0.25, -0.2) is 4.98 Å². The Labute approximate surface area is 147 Å². The van der Waals surface area contributed by atoms with E-state index >= 15 is 0 Å². The molecule has 2 aromatic rings. The van der Waals surface area contributed by atoms with E-state index in [-0.39, 0.29) is 5.91 Å². The lowest BCUT2D eigenvalue weighted by Crippen LogP contribution is -2.25. The lowest BCUT2D eigenvalue weighted by atomic mass is 10.1. The normalized spacial score (nSPS) is 10.5. The monoisotopic (exact) mass is 347 g/mol. The Bertz CT molecular complexity index is 687. The van der Waals surface area contributed by atoms with Crippen molar-refractivity contribution in [3.05, 3.63) is 47.1 Å².